The molecule has 1 unspecified atom stereocenters. The molecule has 6 heteroatoms. The maximum atomic E-state index is 13.4. The highest BCUT2D eigenvalue weighted by Gasteiger charge is 2.46. The third kappa shape index (κ3) is 4.58. The second kappa shape index (κ2) is 8.62. The number of carboxylic acid groups (broad SMARTS) is 1. The van der Waals surface area contributed by atoms with E-state index < -0.39 is 5.97 Å². The standard InChI is InChI=1S/C24H19BrClNO3/c25-18-6-10-20(11-7-18)27(14-15-2-1-3-17(12-15)24(29)30)23(28)22-13-21(22)16-4-8-19(26)9-5-16/h1-12,21-22H,13-14H2,(H,29,30)/t21-,22?/m1/s1. The molecular formula is C24H19BrClNO3. The van der Waals surface area contributed by atoms with E-state index in [0.717, 1.165) is 27.7 Å². The molecule has 152 valence electrons. The van der Waals surface area contributed by atoms with Gasteiger partial charge in [0.25, 0.3) is 0 Å². The first kappa shape index (κ1) is 20.6. The molecule has 1 aliphatic rings. The normalized spacial score (nSPS) is 17.4. The zero-order valence-corrected chi connectivity index (χ0v) is 18.3. The Morgan fingerprint density at radius 1 is 1.03 bits per heavy atom. The Kier molecular flexibility index (Phi) is 5.93. The molecule has 0 spiro atoms. The van der Waals surface area contributed by atoms with Crippen molar-refractivity contribution in [2.75, 3.05) is 4.90 Å². The number of hydrogen-bond donors (Lipinski definition) is 1. The number of hydrogen-bond acceptors (Lipinski definition) is 2. The Bertz CT molecular complexity index is 1080. The summed E-state index contributed by atoms with van der Waals surface area (Å²) in [7, 11) is 0. The summed E-state index contributed by atoms with van der Waals surface area (Å²) >= 11 is 9.42. The minimum Gasteiger partial charge on any atom is -0.478 e. The minimum atomic E-state index is -0.983. The Hall–Kier alpha value is -2.63. The van der Waals surface area contributed by atoms with E-state index in [-0.39, 0.29) is 23.3 Å². The fraction of sp³-hybridized carbons (Fsp3) is 0.167. The maximum absolute atomic E-state index is 13.4. The summed E-state index contributed by atoms with van der Waals surface area (Å²) < 4.78 is 0.928. The van der Waals surface area contributed by atoms with E-state index in [1.54, 1.807) is 23.1 Å². The van der Waals surface area contributed by atoms with Gasteiger partial charge in [-0.3, -0.25) is 4.79 Å². The SMILES string of the molecule is O=C(O)c1cccc(CN(C(=O)C2C[C@@H]2c2ccc(Cl)cc2)c2ccc(Br)cc2)c1. The van der Waals surface area contributed by atoms with Crippen LogP contribution in [0.25, 0.3) is 0 Å². The smallest absolute Gasteiger partial charge is 0.335 e. The number of carboxylic acids is 1. The summed E-state index contributed by atoms with van der Waals surface area (Å²) in [6.45, 7) is 0.311. The van der Waals surface area contributed by atoms with Gasteiger partial charge in [0, 0.05) is 21.1 Å². The molecule has 0 heterocycles. The minimum absolute atomic E-state index is 0.0398. The molecule has 0 aliphatic heterocycles. The van der Waals surface area contributed by atoms with Gasteiger partial charge in [0.15, 0.2) is 0 Å². The summed E-state index contributed by atoms with van der Waals surface area (Å²) in [6.07, 6.45) is 0.794. The van der Waals surface area contributed by atoms with Crippen LogP contribution < -0.4 is 4.90 Å². The molecule has 0 saturated heterocycles. The van der Waals surface area contributed by atoms with Crippen molar-refractivity contribution in [3.05, 3.63) is 99.0 Å². The second-order valence-electron chi connectivity index (χ2n) is 7.41. The Morgan fingerprint density at radius 2 is 1.73 bits per heavy atom. The average Bonchev–Trinajstić information content (AvgIpc) is 3.54. The number of carbonyl (C=O) groups is 2. The topological polar surface area (TPSA) is 57.6 Å². The van der Waals surface area contributed by atoms with E-state index in [0.29, 0.717) is 11.6 Å². The molecule has 0 bridgehead atoms. The van der Waals surface area contributed by atoms with Crippen LogP contribution in [-0.2, 0) is 11.3 Å². The van der Waals surface area contributed by atoms with E-state index in [2.05, 4.69) is 15.9 Å². The van der Waals surface area contributed by atoms with Crippen LogP contribution in [-0.4, -0.2) is 17.0 Å². The van der Waals surface area contributed by atoms with E-state index in [1.807, 2.05) is 54.6 Å². The number of rotatable bonds is 6. The molecule has 4 rings (SSSR count). The molecule has 3 aromatic carbocycles. The first-order valence-corrected chi connectivity index (χ1v) is 10.7. The lowest BCUT2D eigenvalue weighted by molar-refractivity contribution is -0.120. The first-order valence-electron chi connectivity index (χ1n) is 9.57. The van der Waals surface area contributed by atoms with Gasteiger partial charge in [0.1, 0.15) is 0 Å². The zero-order valence-electron chi connectivity index (χ0n) is 16.0. The van der Waals surface area contributed by atoms with E-state index in [4.69, 9.17) is 11.6 Å². The van der Waals surface area contributed by atoms with Crippen molar-refractivity contribution in [1.82, 2.24) is 0 Å². The van der Waals surface area contributed by atoms with E-state index >= 15 is 0 Å². The van der Waals surface area contributed by atoms with E-state index in [1.165, 1.54) is 0 Å². The van der Waals surface area contributed by atoms with Gasteiger partial charge in [-0.2, -0.15) is 0 Å². The van der Waals surface area contributed by atoms with Gasteiger partial charge >= 0.3 is 5.97 Å². The highest BCUT2D eigenvalue weighted by Crippen LogP contribution is 2.49. The largest absolute Gasteiger partial charge is 0.478 e. The molecule has 1 aliphatic carbocycles. The van der Waals surface area contributed by atoms with Crippen molar-refractivity contribution in [2.45, 2.75) is 18.9 Å². The molecular weight excluding hydrogens is 466 g/mol. The number of benzene rings is 3. The fourth-order valence-electron chi connectivity index (χ4n) is 3.65. The lowest BCUT2D eigenvalue weighted by atomic mass is 10.1. The van der Waals surface area contributed by atoms with Crippen molar-refractivity contribution < 1.29 is 14.7 Å². The van der Waals surface area contributed by atoms with Gasteiger partial charge in [0.05, 0.1) is 12.1 Å². The molecule has 3 aromatic rings. The first-order chi connectivity index (χ1) is 14.4. The molecule has 0 radical (unpaired) electrons. The lowest BCUT2D eigenvalue weighted by Gasteiger charge is -2.24. The zero-order chi connectivity index (χ0) is 21.3. The van der Waals surface area contributed by atoms with Crippen LogP contribution in [0.4, 0.5) is 5.69 Å². The van der Waals surface area contributed by atoms with Crippen LogP contribution in [0, 0.1) is 5.92 Å². The van der Waals surface area contributed by atoms with Crippen LogP contribution in [0.2, 0.25) is 5.02 Å². The lowest BCUT2D eigenvalue weighted by Crippen LogP contribution is -2.32. The highest BCUT2D eigenvalue weighted by molar-refractivity contribution is 9.10. The van der Waals surface area contributed by atoms with Crippen LogP contribution in [0.3, 0.4) is 0 Å². The Morgan fingerprint density at radius 3 is 2.40 bits per heavy atom. The average molecular weight is 485 g/mol. The molecule has 1 N–H and O–H groups in total. The Balaban J connectivity index is 1.60. The highest BCUT2D eigenvalue weighted by atomic mass is 79.9. The maximum Gasteiger partial charge on any atom is 0.335 e. The molecule has 1 fully saturated rings. The predicted octanol–water partition coefficient (Wildman–Crippen LogP) is 6.14. The fourth-order valence-corrected chi connectivity index (χ4v) is 4.04. The van der Waals surface area contributed by atoms with Crippen molar-refractivity contribution in [2.24, 2.45) is 5.92 Å². The van der Waals surface area contributed by atoms with Gasteiger partial charge in [0.2, 0.25) is 5.91 Å². The Labute approximate surface area is 188 Å². The number of halogens is 2. The summed E-state index contributed by atoms with van der Waals surface area (Å²) in [5.74, 6) is -0.864. The third-order valence-corrected chi connectivity index (χ3v) is 6.11. The third-order valence-electron chi connectivity index (χ3n) is 5.32. The van der Waals surface area contributed by atoms with E-state index in [9.17, 15) is 14.7 Å². The van der Waals surface area contributed by atoms with Crippen LogP contribution in [0.15, 0.2) is 77.3 Å². The number of nitrogens with zero attached hydrogens (tertiary/aromatic N) is 1. The van der Waals surface area contributed by atoms with Gasteiger partial charge in [-0.05, 0) is 72.0 Å². The molecule has 4 nitrogen and oxygen atoms in total. The predicted molar refractivity (Wildman–Crippen MR) is 121 cm³/mol. The van der Waals surface area contributed by atoms with Crippen LogP contribution in [0.5, 0.6) is 0 Å². The molecule has 1 saturated carbocycles. The molecule has 1 amide bonds. The number of anilines is 1. The molecule has 30 heavy (non-hydrogen) atoms. The van der Waals surface area contributed by atoms with Crippen LogP contribution in [0.1, 0.15) is 33.8 Å². The summed E-state index contributed by atoms with van der Waals surface area (Å²) in [6, 6.07) is 21.9. The second-order valence-corrected chi connectivity index (χ2v) is 8.76. The van der Waals surface area contributed by atoms with Gasteiger partial charge in [-0.15, -0.1) is 0 Å². The van der Waals surface area contributed by atoms with Crippen molar-refractivity contribution in [1.29, 1.82) is 0 Å². The van der Waals surface area contributed by atoms with Crippen LogP contribution >= 0.6 is 27.5 Å². The molecule has 2 atom stereocenters. The quantitative estimate of drug-likeness (QED) is 0.457. The monoisotopic (exact) mass is 483 g/mol. The summed E-state index contributed by atoms with van der Waals surface area (Å²) in [5.41, 5.74) is 2.88. The van der Waals surface area contributed by atoms with Crippen molar-refractivity contribution >= 4 is 45.1 Å². The number of aromatic carboxylic acids is 1. The summed E-state index contributed by atoms with van der Waals surface area (Å²) in [5, 5.41) is 9.96. The van der Waals surface area contributed by atoms with Crippen molar-refractivity contribution in [3.63, 3.8) is 0 Å². The van der Waals surface area contributed by atoms with Gasteiger partial charge in [-0.25, -0.2) is 4.79 Å². The summed E-state index contributed by atoms with van der Waals surface area (Å²) in [4.78, 5) is 26.5. The van der Waals surface area contributed by atoms with Gasteiger partial charge < -0.3 is 10.0 Å². The number of amides is 1. The number of carbonyl (C=O) groups excluding carboxylic acids is 1. The molecule has 0 aromatic heterocycles. The van der Waals surface area contributed by atoms with Gasteiger partial charge in [-0.1, -0.05) is 51.8 Å². The van der Waals surface area contributed by atoms with Crippen molar-refractivity contribution in [3.8, 4) is 0 Å².